The van der Waals surface area contributed by atoms with Gasteiger partial charge in [-0.05, 0) is 32.8 Å². The van der Waals surface area contributed by atoms with Crippen LogP contribution in [-0.2, 0) is 6.54 Å². The third-order valence-corrected chi connectivity index (χ3v) is 3.94. The smallest absolute Gasteiger partial charge is 0.0820 e. The van der Waals surface area contributed by atoms with E-state index in [4.69, 9.17) is 0 Å². The number of nitrogens with zero attached hydrogens (tertiary/aromatic N) is 1. The fourth-order valence-corrected chi connectivity index (χ4v) is 2.62. The molecular formula is C16H26N2O. The molecule has 1 aliphatic rings. The van der Waals surface area contributed by atoms with E-state index in [0.717, 1.165) is 26.1 Å². The van der Waals surface area contributed by atoms with E-state index in [9.17, 15) is 5.11 Å². The molecule has 2 atom stereocenters. The van der Waals surface area contributed by atoms with Gasteiger partial charge in [-0.2, -0.15) is 0 Å². The second-order valence-corrected chi connectivity index (χ2v) is 6.45. The Kier molecular flexibility index (Phi) is 4.61. The maximum absolute atomic E-state index is 10.3. The Morgan fingerprint density at radius 2 is 1.95 bits per heavy atom. The maximum Gasteiger partial charge on any atom is 0.0820 e. The molecule has 0 spiro atoms. The minimum atomic E-state index is -0.281. The van der Waals surface area contributed by atoms with E-state index in [1.807, 2.05) is 6.07 Å². The molecule has 0 bridgehead atoms. The molecule has 1 fully saturated rings. The summed E-state index contributed by atoms with van der Waals surface area (Å²) in [7, 11) is 0. The molecule has 3 nitrogen and oxygen atoms in total. The number of rotatable bonds is 3. The van der Waals surface area contributed by atoms with E-state index in [2.05, 4.69) is 55.3 Å². The van der Waals surface area contributed by atoms with Gasteiger partial charge in [0.2, 0.25) is 0 Å². The number of benzene rings is 1. The topological polar surface area (TPSA) is 35.5 Å². The van der Waals surface area contributed by atoms with E-state index in [1.54, 1.807) is 0 Å². The molecule has 3 heteroatoms. The van der Waals surface area contributed by atoms with Crippen molar-refractivity contribution in [2.75, 3.05) is 13.1 Å². The first-order valence-electron chi connectivity index (χ1n) is 7.17. The summed E-state index contributed by atoms with van der Waals surface area (Å²) in [5.41, 5.74) is 1.42. The lowest BCUT2D eigenvalue weighted by molar-refractivity contribution is 0.0000533. The lowest BCUT2D eigenvalue weighted by Crippen LogP contribution is -2.57. The number of nitrogens with one attached hydrogen (secondary N) is 1. The Bertz CT molecular complexity index is 385. The van der Waals surface area contributed by atoms with E-state index in [-0.39, 0.29) is 17.7 Å². The van der Waals surface area contributed by atoms with Crippen LogP contribution in [-0.4, -0.2) is 40.8 Å². The molecule has 106 valence electrons. The molecule has 0 amide bonds. The molecule has 19 heavy (non-hydrogen) atoms. The summed E-state index contributed by atoms with van der Waals surface area (Å²) in [4.78, 5) is 2.36. The Morgan fingerprint density at radius 3 is 2.53 bits per heavy atom. The van der Waals surface area contributed by atoms with Crippen LogP contribution in [0.4, 0.5) is 0 Å². The summed E-state index contributed by atoms with van der Waals surface area (Å²) < 4.78 is 0. The highest BCUT2D eigenvalue weighted by atomic mass is 16.3. The van der Waals surface area contributed by atoms with Gasteiger partial charge in [-0.3, -0.25) is 4.90 Å². The average Bonchev–Trinajstić information content (AvgIpc) is 2.37. The minimum Gasteiger partial charge on any atom is -0.390 e. The molecule has 1 aromatic carbocycles. The van der Waals surface area contributed by atoms with E-state index >= 15 is 0 Å². The Balaban J connectivity index is 1.84. The molecule has 1 aromatic rings. The summed E-state index contributed by atoms with van der Waals surface area (Å²) in [6, 6.07) is 10.6. The van der Waals surface area contributed by atoms with Gasteiger partial charge in [0.05, 0.1) is 6.10 Å². The SMILES string of the molecule is CC(C)(C)N1CC[C@@H](NCc2ccccc2)[C@H](O)C1. The largest absolute Gasteiger partial charge is 0.390 e. The number of hydrogen-bond acceptors (Lipinski definition) is 3. The molecule has 1 heterocycles. The first-order valence-corrected chi connectivity index (χ1v) is 7.17. The molecular weight excluding hydrogens is 236 g/mol. The van der Waals surface area contributed by atoms with E-state index in [0.29, 0.717) is 0 Å². The highest BCUT2D eigenvalue weighted by Crippen LogP contribution is 2.20. The van der Waals surface area contributed by atoms with Crippen LogP contribution in [0.15, 0.2) is 30.3 Å². The van der Waals surface area contributed by atoms with Crippen molar-refractivity contribution in [2.45, 2.75) is 51.4 Å². The Labute approximate surface area is 116 Å². The van der Waals surface area contributed by atoms with Crippen molar-refractivity contribution < 1.29 is 5.11 Å². The van der Waals surface area contributed by atoms with Gasteiger partial charge in [-0.1, -0.05) is 30.3 Å². The summed E-state index contributed by atoms with van der Waals surface area (Å²) in [5, 5.41) is 13.8. The lowest BCUT2D eigenvalue weighted by atomic mass is 9.96. The van der Waals surface area contributed by atoms with Gasteiger partial charge in [-0.25, -0.2) is 0 Å². The third kappa shape index (κ3) is 4.03. The molecule has 1 saturated heterocycles. The van der Waals surface area contributed by atoms with Crippen molar-refractivity contribution in [1.82, 2.24) is 10.2 Å². The first kappa shape index (κ1) is 14.5. The second-order valence-electron chi connectivity index (χ2n) is 6.45. The van der Waals surface area contributed by atoms with Crippen molar-refractivity contribution in [1.29, 1.82) is 0 Å². The van der Waals surface area contributed by atoms with Crippen molar-refractivity contribution in [3.05, 3.63) is 35.9 Å². The monoisotopic (exact) mass is 262 g/mol. The normalized spacial score (nSPS) is 25.5. The Morgan fingerprint density at radius 1 is 1.26 bits per heavy atom. The molecule has 0 aromatic heterocycles. The van der Waals surface area contributed by atoms with Gasteiger partial charge < -0.3 is 10.4 Å². The number of β-amino-alcohol motifs (C(OH)–C–C–N with tert-alkyl or cyclic N) is 1. The van der Waals surface area contributed by atoms with Gasteiger partial charge in [0.1, 0.15) is 0 Å². The molecule has 0 saturated carbocycles. The van der Waals surface area contributed by atoms with Crippen LogP contribution < -0.4 is 5.32 Å². The zero-order valence-corrected chi connectivity index (χ0v) is 12.3. The molecule has 0 radical (unpaired) electrons. The predicted molar refractivity (Wildman–Crippen MR) is 79.0 cm³/mol. The van der Waals surface area contributed by atoms with Gasteiger partial charge in [0, 0.05) is 31.2 Å². The number of likely N-dealkylation sites (tertiary alicyclic amines) is 1. The van der Waals surface area contributed by atoms with Crippen LogP contribution >= 0.6 is 0 Å². The average molecular weight is 262 g/mol. The second kappa shape index (κ2) is 6.04. The fraction of sp³-hybridized carbons (Fsp3) is 0.625. The molecule has 1 aliphatic heterocycles. The molecule has 0 unspecified atom stereocenters. The Hall–Kier alpha value is -0.900. The molecule has 0 aliphatic carbocycles. The standard InChI is InChI=1S/C16H26N2O/c1-16(2,3)18-10-9-14(15(19)12-18)17-11-13-7-5-4-6-8-13/h4-8,14-15,17,19H,9-12H2,1-3H3/t14-,15-/m1/s1. The highest BCUT2D eigenvalue weighted by molar-refractivity contribution is 5.14. The van der Waals surface area contributed by atoms with E-state index in [1.165, 1.54) is 5.56 Å². The number of hydrogen-bond donors (Lipinski definition) is 2. The first-order chi connectivity index (χ1) is 8.97. The zero-order chi connectivity index (χ0) is 13.9. The zero-order valence-electron chi connectivity index (χ0n) is 12.3. The van der Waals surface area contributed by atoms with Crippen LogP contribution in [0.1, 0.15) is 32.8 Å². The maximum atomic E-state index is 10.3. The predicted octanol–water partition coefficient (Wildman–Crippen LogP) is 2.01. The number of aliphatic hydroxyl groups is 1. The van der Waals surface area contributed by atoms with Gasteiger partial charge in [0.25, 0.3) is 0 Å². The summed E-state index contributed by atoms with van der Waals surface area (Å²) in [5.74, 6) is 0. The van der Waals surface area contributed by atoms with Gasteiger partial charge >= 0.3 is 0 Å². The van der Waals surface area contributed by atoms with Crippen LogP contribution in [0.3, 0.4) is 0 Å². The summed E-state index contributed by atoms with van der Waals surface area (Å²) in [6.07, 6.45) is 0.724. The highest BCUT2D eigenvalue weighted by Gasteiger charge is 2.32. The fourth-order valence-electron chi connectivity index (χ4n) is 2.62. The quantitative estimate of drug-likeness (QED) is 0.874. The van der Waals surface area contributed by atoms with Crippen molar-refractivity contribution in [3.8, 4) is 0 Å². The van der Waals surface area contributed by atoms with Crippen molar-refractivity contribution >= 4 is 0 Å². The molecule has 2 rings (SSSR count). The summed E-state index contributed by atoms with van der Waals surface area (Å²) >= 11 is 0. The minimum absolute atomic E-state index is 0.144. The third-order valence-electron chi connectivity index (χ3n) is 3.94. The number of aliphatic hydroxyl groups excluding tert-OH is 1. The van der Waals surface area contributed by atoms with Crippen molar-refractivity contribution in [2.24, 2.45) is 0 Å². The number of piperidine rings is 1. The van der Waals surface area contributed by atoms with Crippen LogP contribution in [0.5, 0.6) is 0 Å². The van der Waals surface area contributed by atoms with Crippen LogP contribution in [0.2, 0.25) is 0 Å². The summed E-state index contributed by atoms with van der Waals surface area (Å²) in [6.45, 7) is 9.26. The molecule has 2 N–H and O–H groups in total. The van der Waals surface area contributed by atoms with Crippen molar-refractivity contribution in [3.63, 3.8) is 0 Å². The van der Waals surface area contributed by atoms with E-state index < -0.39 is 0 Å². The van der Waals surface area contributed by atoms with Crippen LogP contribution in [0.25, 0.3) is 0 Å². The van der Waals surface area contributed by atoms with Crippen LogP contribution in [0, 0.1) is 0 Å². The van der Waals surface area contributed by atoms with Gasteiger partial charge in [0.15, 0.2) is 0 Å². The van der Waals surface area contributed by atoms with Gasteiger partial charge in [-0.15, -0.1) is 0 Å². The lowest BCUT2D eigenvalue weighted by Gasteiger charge is -2.43.